The Morgan fingerprint density at radius 3 is 2.50 bits per heavy atom. The molecule has 194 valence electrons. The van der Waals surface area contributed by atoms with Gasteiger partial charge in [0.15, 0.2) is 0 Å². The van der Waals surface area contributed by atoms with E-state index in [1.54, 1.807) is 20.0 Å². The number of nitrogens with one attached hydrogen (secondary N) is 2. The predicted octanol–water partition coefficient (Wildman–Crippen LogP) is 2.54. The fourth-order valence-corrected chi connectivity index (χ4v) is 6.50. The maximum absolute atomic E-state index is 12.7. The number of aliphatic hydroxyl groups is 1. The summed E-state index contributed by atoms with van der Waals surface area (Å²) in [5, 5.41) is 15.0. The van der Waals surface area contributed by atoms with E-state index < -0.39 is 15.8 Å². The lowest BCUT2D eigenvalue weighted by Gasteiger charge is -2.32. The molecule has 0 amide bonds. The fraction of sp³-hybridized carbons (Fsp3) is 0.520. The van der Waals surface area contributed by atoms with Crippen molar-refractivity contribution in [1.29, 1.82) is 0 Å². The molecule has 0 unspecified atom stereocenters. The summed E-state index contributed by atoms with van der Waals surface area (Å²) in [6.07, 6.45) is 6.85. The molecule has 1 saturated heterocycles. The van der Waals surface area contributed by atoms with E-state index in [1.807, 2.05) is 41.1 Å². The molecule has 2 aliphatic rings. The van der Waals surface area contributed by atoms with E-state index in [9.17, 15) is 13.5 Å². The van der Waals surface area contributed by atoms with Crippen LogP contribution in [0.2, 0.25) is 0 Å². The monoisotopic (exact) mass is 514 g/mol. The Morgan fingerprint density at radius 2 is 1.78 bits per heavy atom. The third-order valence-corrected chi connectivity index (χ3v) is 8.64. The summed E-state index contributed by atoms with van der Waals surface area (Å²) >= 11 is 0. The molecule has 3 heterocycles. The topological polar surface area (TPSA) is 122 Å². The predicted molar refractivity (Wildman–Crippen MR) is 138 cm³/mol. The third kappa shape index (κ3) is 5.40. The number of benzene rings is 1. The van der Waals surface area contributed by atoms with Crippen LogP contribution in [0.5, 0.6) is 0 Å². The lowest BCUT2D eigenvalue weighted by Crippen LogP contribution is -2.50. The molecule has 0 spiro atoms. The quantitative estimate of drug-likeness (QED) is 0.443. The van der Waals surface area contributed by atoms with E-state index in [1.165, 1.54) is 4.31 Å². The molecule has 1 aliphatic carbocycles. The van der Waals surface area contributed by atoms with Crippen molar-refractivity contribution in [2.45, 2.75) is 57.2 Å². The largest absolute Gasteiger partial charge is 0.386 e. The lowest BCUT2D eigenvalue weighted by molar-refractivity contribution is 0.0722. The minimum Gasteiger partial charge on any atom is -0.386 e. The van der Waals surface area contributed by atoms with E-state index in [-0.39, 0.29) is 12.1 Å². The maximum atomic E-state index is 12.7. The van der Waals surface area contributed by atoms with Crippen LogP contribution in [0.1, 0.15) is 45.1 Å². The zero-order valence-electron chi connectivity index (χ0n) is 20.7. The zero-order valence-corrected chi connectivity index (χ0v) is 21.5. The molecule has 0 bridgehead atoms. The standard InChI is InChI=1S/C25H34N6O4S/c1-25(2,32)21-4-3-5-22-20(21)11-13-31(22)23-10-12-26-24(28-23)27-18-6-8-19(9-7-18)29-36(33,34)30-14-16-35-17-15-30/h3-5,10-13,18-19,29,32H,6-9,14-17H2,1-2H3,(H,26,27,28). The Kier molecular flexibility index (Phi) is 7.01. The Bertz CT molecular complexity index is 1310. The Balaban J connectivity index is 1.23. The van der Waals surface area contributed by atoms with Crippen molar-refractivity contribution in [2.75, 3.05) is 31.6 Å². The number of nitrogens with zero attached hydrogens (tertiary/aromatic N) is 4. The highest BCUT2D eigenvalue weighted by Gasteiger charge is 2.30. The molecule has 2 fully saturated rings. The SMILES string of the molecule is CC(C)(O)c1cccc2c1ccn2-c1ccnc(NC2CCC(NS(=O)(=O)N3CCOCC3)CC2)n1. The average Bonchev–Trinajstić information content (AvgIpc) is 3.29. The van der Waals surface area contributed by atoms with E-state index in [4.69, 9.17) is 9.72 Å². The maximum Gasteiger partial charge on any atom is 0.279 e. The van der Waals surface area contributed by atoms with Crippen LogP contribution in [-0.4, -0.2) is 70.8 Å². The molecule has 3 N–H and O–H groups in total. The molecular weight excluding hydrogens is 480 g/mol. The minimum absolute atomic E-state index is 0.0700. The van der Waals surface area contributed by atoms with Crippen molar-refractivity contribution in [3.63, 3.8) is 0 Å². The number of fused-ring (bicyclic) bond motifs is 1. The minimum atomic E-state index is -3.48. The van der Waals surface area contributed by atoms with Crippen LogP contribution in [0.4, 0.5) is 5.95 Å². The van der Waals surface area contributed by atoms with Gasteiger partial charge in [-0.25, -0.2) is 4.98 Å². The molecule has 0 atom stereocenters. The summed E-state index contributed by atoms with van der Waals surface area (Å²) in [7, 11) is -3.48. The molecular formula is C25H34N6O4S. The molecule has 5 rings (SSSR count). The fourth-order valence-electron chi connectivity index (χ4n) is 5.06. The molecule has 0 radical (unpaired) electrons. The van der Waals surface area contributed by atoms with Gasteiger partial charge in [0.05, 0.1) is 24.3 Å². The first-order valence-corrected chi connectivity index (χ1v) is 13.9. The van der Waals surface area contributed by atoms with Gasteiger partial charge in [-0.3, -0.25) is 0 Å². The van der Waals surface area contributed by atoms with Crippen molar-refractivity contribution in [3.05, 3.63) is 48.3 Å². The summed E-state index contributed by atoms with van der Waals surface area (Å²) in [6, 6.07) is 9.86. The number of rotatable bonds is 7. The van der Waals surface area contributed by atoms with Gasteiger partial charge in [-0.15, -0.1) is 0 Å². The Morgan fingerprint density at radius 1 is 1.06 bits per heavy atom. The second-order valence-corrected chi connectivity index (χ2v) is 11.8. The van der Waals surface area contributed by atoms with Crippen molar-refractivity contribution in [3.8, 4) is 5.82 Å². The summed E-state index contributed by atoms with van der Waals surface area (Å²) in [6.45, 7) is 5.25. The van der Waals surface area contributed by atoms with Gasteiger partial charge in [-0.05, 0) is 63.3 Å². The van der Waals surface area contributed by atoms with Crippen molar-refractivity contribution < 1.29 is 18.3 Å². The highest BCUT2D eigenvalue weighted by atomic mass is 32.2. The molecule has 1 aliphatic heterocycles. The first kappa shape index (κ1) is 25.1. The van der Waals surface area contributed by atoms with Gasteiger partial charge < -0.3 is 19.7 Å². The van der Waals surface area contributed by atoms with Crippen molar-refractivity contribution in [1.82, 2.24) is 23.6 Å². The Hall–Kier alpha value is -2.57. The van der Waals surface area contributed by atoms with Crippen LogP contribution in [0, 0.1) is 0 Å². The molecule has 10 nitrogen and oxygen atoms in total. The van der Waals surface area contributed by atoms with Crippen LogP contribution in [0.15, 0.2) is 42.7 Å². The van der Waals surface area contributed by atoms with Crippen LogP contribution >= 0.6 is 0 Å². The average molecular weight is 515 g/mol. The first-order valence-electron chi connectivity index (χ1n) is 12.5. The normalized spacial score (nSPS) is 22.1. The van der Waals surface area contributed by atoms with Gasteiger partial charge in [-0.1, -0.05) is 12.1 Å². The van der Waals surface area contributed by atoms with Crippen LogP contribution in [-0.2, 0) is 20.5 Å². The molecule has 3 aromatic rings. The van der Waals surface area contributed by atoms with E-state index in [2.05, 4.69) is 15.0 Å². The van der Waals surface area contributed by atoms with E-state index in [0.29, 0.717) is 32.3 Å². The van der Waals surface area contributed by atoms with Gasteiger partial charge in [0.25, 0.3) is 10.2 Å². The van der Waals surface area contributed by atoms with Gasteiger partial charge in [0.2, 0.25) is 5.95 Å². The summed E-state index contributed by atoms with van der Waals surface area (Å²) in [5.41, 5.74) is 0.888. The Labute approximate surface area is 211 Å². The van der Waals surface area contributed by atoms with Gasteiger partial charge >= 0.3 is 0 Å². The third-order valence-electron chi connectivity index (χ3n) is 6.97. The number of aromatic nitrogens is 3. The molecule has 11 heteroatoms. The van der Waals surface area contributed by atoms with Gasteiger partial charge in [0.1, 0.15) is 5.82 Å². The zero-order chi connectivity index (χ0) is 25.3. The van der Waals surface area contributed by atoms with Gasteiger partial charge in [-0.2, -0.15) is 22.4 Å². The lowest BCUT2D eigenvalue weighted by atomic mass is 9.92. The van der Waals surface area contributed by atoms with Crippen molar-refractivity contribution in [2.24, 2.45) is 0 Å². The number of morpholine rings is 1. The highest BCUT2D eigenvalue weighted by Crippen LogP contribution is 2.30. The molecule has 1 saturated carbocycles. The van der Waals surface area contributed by atoms with Gasteiger partial charge in [0, 0.05) is 43.0 Å². The summed E-state index contributed by atoms with van der Waals surface area (Å²) in [4.78, 5) is 9.15. The van der Waals surface area contributed by atoms with Crippen molar-refractivity contribution >= 4 is 27.1 Å². The highest BCUT2D eigenvalue weighted by molar-refractivity contribution is 7.87. The number of hydrogen-bond donors (Lipinski definition) is 3. The number of ether oxygens (including phenoxy) is 1. The summed E-state index contributed by atoms with van der Waals surface area (Å²) in [5.74, 6) is 1.28. The molecule has 2 aromatic heterocycles. The molecule has 36 heavy (non-hydrogen) atoms. The van der Waals surface area contributed by atoms with E-state index >= 15 is 0 Å². The smallest absolute Gasteiger partial charge is 0.279 e. The van der Waals surface area contributed by atoms with Crippen LogP contribution in [0.3, 0.4) is 0 Å². The second kappa shape index (κ2) is 10.1. The van der Waals surface area contributed by atoms with Crippen LogP contribution < -0.4 is 10.0 Å². The van der Waals surface area contributed by atoms with Crippen LogP contribution in [0.25, 0.3) is 16.7 Å². The van der Waals surface area contributed by atoms with E-state index in [0.717, 1.165) is 48.0 Å². The molecule has 1 aromatic carbocycles. The summed E-state index contributed by atoms with van der Waals surface area (Å²) < 4.78 is 36.9. The number of hydrogen-bond acceptors (Lipinski definition) is 7. The first-order chi connectivity index (χ1) is 17.2. The number of anilines is 1. The second-order valence-electron chi connectivity index (χ2n) is 10.0.